The average molecular weight is 289 g/mol. The van der Waals surface area contributed by atoms with Crippen molar-refractivity contribution in [2.45, 2.75) is 19.1 Å². The van der Waals surface area contributed by atoms with Crippen LogP contribution in [0.25, 0.3) is 11.0 Å². The summed E-state index contributed by atoms with van der Waals surface area (Å²) in [4.78, 5) is 3.67. The number of benzene rings is 1. The number of nitrogen functional groups attached to an aromatic ring is 1. The highest BCUT2D eigenvalue weighted by Gasteiger charge is 2.37. The predicted octanol–water partition coefficient (Wildman–Crippen LogP) is 3.39. The van der Waals surface area contributed by atoms with E-state index in [9.17, 15) is 13.2 Å². The summed E-state index contributed by atoms with van der Waals surface area (Å²) in [6.07, 6.45) is -1.86. The first kappa shape index (κ1) is 14.0. The Labute approximate surface area is 113 Å². The summed E-state index contributed by atoms with van der Waals surface area (Å²) in [6, 6.07) is 4.65. The van der Waals surface area contributed by atoms with Crippen LogP contribution in [0.5, 0.6) is 0 Å². The third kappa shape index (κ3) is 2.97. The zero-order chi connectivity index (χ0) is 14.0. The molecule has 1 aromatic heterocycles. The summed E-state index contributed by atoms with van der Waals surface area (Å²) in [7, 11) is 0. The lowest BCUT2D eigenvalue weighted by Gasteiger charge is -2.10. The van der Waals surface area contributed by atoms with E-state index in [1.165, 1.54) is 10.6 Å². The van der Waals surface area contributed by atoms with Crippen molar-refractivity contribution < 1.29 is 13.2 Å². The molecule has 0 bridgehead atoms. The molecule has 0 unspecified atom stereocenters. The largest absolute Gasteiger partial charge is 0.449 e. The van der Waals surface area contributed by atoms with Crippen LogP contribution in [0.4, 0.5) is 18.9 Å². The standard InChI is InChI=1S/C12H14F3N3S/c1-19-6-2-5-18-10-4-3-8(16)7-9(10)17-11(18)12(13,14)15/h3-4,7H,2,5-6,16H2,1H3. The van der Waals surface area contributed by atoms with Gasteiger partial charge in [0.15, 0.2) is 0 Å². The van der Waals surface area contributed by atoms with Crippen LogP contribution in [0.15, 0.2) is 18.2 Å². The van der Waals surface area contributed by atoms with Gasteiger partial charge in [0.2, 0.25) is 5.82 Å². The molecular formula is C12H14F3N3S. The number of aromatic nitrogens is 2. The fourth-order valence-electron chi connectivity index (χ4n) is 1.96. The summed E-state index contributed by atoms with van der Waals surface area (Å²) in [5.41, 5.74) is 6.76. The smallest absolute Gasteiger partial charge is 0.399 e. The van der Waals surface area contributed by atoms with Crippen LogP contribution >= 0.6 is 11.8 Å². The van der Waals surface area contributed by atoms with Crippen LogP contribution in [-0.4, -0.2) is 21.6 Å². The SMILES string of the molecule is CSCCCn1c(C(F)(F)F)nc2cc(N)ccc21. The zero-order valence-electron chi connectivity index (χ0n) is 10.4. The third-order valence-corrected chi connectivity index (χ3v) is 3.45. The highest BCUT2D eigenvalue weighted by atomic mass is 32.2. The maximum Gasteiger partial charge on any atom is 0.449 e. The highest BCUT2D eigenvalue weighted by Crippen LogP contribution is 2.32. The minimum atomic E-state index is -4.45. The molecule has 2 rings (SSSR count). The minimum absolute atomic E-state index is 0.288. The number of rotatable bonds is 4. The molecule has 2 aromatic rings. The number of fused-ring (bicyclic) bond motifs is 1. The Morgan fingerprint density at radius 1 is 1.37 bits per heavy atom. The molecule has 3 nitrogen and oxygen atoms in total. The number of alkyl halides is 3. The van der Waals surface area contributed by atoms with Crippen LogP contribution < -0.4 is 5.73 Å². The van der Waals surface area contributed by atoms with Crippen molar-refractivity contribution in [2.24, 2.45) is 0 Å². The summed E-state index contributed by atoms with van der Waals surface area (Å²) < 4.78 is 40.2. The Kier molecular flexibility index (Phi) is 3.93. The fourth-order valence-corrected chi connectivity index (χ4v) is 2.37. The number of halogens is 3. The Balaban J connectivity index is 2.49. The molecule has 19 heavy (non-hydrogen) atoms. The second kappa shape index (κ2) is 5.32. The van der Waals surface area contributed by atoms with E-state index >= 15 is 0 Å². The normalized spacial score (nSPS) is 12.2. The first-order valence-corrected chi connectivity index (χ1v) is 7.15. The lowest BCUT2D eigenvalue weighted by Crippen LogP contribution is -2.15. The number of hydrogen-bond donors (Lipinski definition) is 1. The van der Waals surface area contributed by atoms with Gasteiger partial charge in [0, 0.05) is 12.2 Å². The maximum atomic E-state index is 13.0. The zero-order valence-corrected chi connectivity index (χ0v) is 11.2. The van der Waals surface area contributed by atoms with Crippen LogP contribution in [0.1, 0.15) is 12.2 Å². The van der Waals surface area contributed by atoms with Gasteiger partial charge in [-0.1, -0.05) is 0 Å². The fraction of sp³-hybridized carbons (Fsp3) is 0.417. The van der Waals surface area contributed by atoms with Crippen molar-refractivity contribution in [3.63, 3.8) is 0 Å². The van der Waals surface area contributed by atoms with Crippen molar-refractivity contribution in [1.29, 1.82) is 0 Å². The molecule has 0 aliphatic carbocycles. The molecule has 0 spiro atoms. The third-order valence-electron chi connectivity index (χ3n) is 2.76. The maximum absolute atomic E-state index is 13.0. The van der Waals surface area contributed by atoms with Gasteiger partial charge in [0.25, 0.3) is 0 Å². The Morgan fingerprint density at radius 3 is 2.74 bits per heavy atom. The van der Waals surface area contributed by atoms with Crippen molar-refractivity contribution in [1.82, 2.24) is 9.55 Å². The van der Waals surface area contributed by atoms with Crippen molar-refractivity contribution in [3.8, 4) is 0 Å². The van der Waals surface area contributed by atoms with E-state index in [0.717, 1.165) is 5.75 Å². The molecule has 0 aliphatic heterocycles. The predicted molar refractivity (Wildman–Crippen MR) is 72.1 cm³/mol. The van der Waals surface area contributed by atoms with Gasteiger partial charge in [-0.15, -0.1) is 0 Å². The average Bonchev–Trinajstić information content (AvgIpc) is 2.67. The molecule has 2 N–H and O–H groups in total. The molecule has 104 valence electrons. The van der Waals surface area contributed by atoms with Crippen molar-refractivity contribution >= 4 is 28.5 Å². The lowest BCUT2D eigenvalue weighted by atomic mass is 10.3. The first-order chi connectivity index (χ1) is 8.93. The van der Waals surface area contributed by atoms with Crippen LogP contribution in [0, 0.1) is 0 Å². The molecule has 1 heterocycles. The van der Waals surface area contributed by atoms with Crippen molar-refractivity contribution in [3.05, 3.63) is 24.0 Å². The van der Waals surface area contributed by atoms with Gasteiger partial charge in [0.05, 0.1) is 11.0 Å². The lowest BCUT2D eigenvalue weighted by molar-refractivity contribution is -0.146. The second-order valence-electron chi connectivity index (χ2n) is 4.18. The van der Waals surface area contributed by atoms with Crippen LogP contribution in [0.3, 0.4) is 0 Å². The quantitative estimate of drug-likeness (QED) is 0.693. The van der Waals surface area contributed by atoms with Crippen LogP contribution in [-0.2, 0) is 12.7 Å². The Hall–Kier alpha value is -1.37. The van der Waals surface area contributed by atoms with E-state index in [1.807, 2.05) is 6.26 Å². The monoisotopic (exact) mass is 289 g/mol. The molecule has 0 atom stereocenters. The van der Waals surface area contributed by atoms with E-state index < -0.39 is 12.0 Å². The summed E-state index contributed by atoms with van der Waals surface area (Å²) in [6.45, 7) is 0.302. The summed E-state index contributed by atoms with van der Waals surface area (Å²) >= 11 is 1.61. The van der Waals surface area contributed by atoms with E-state index in [1.54, 1.807) is 23.9 Å². The molecule has 0 radical (unpaired) electrons. The summed E-state index contributed by atoms with van der Waals surface area (Å²) in [5, 5.41) is 0. The molecule has 0 saturated heterocycles. The number of nitrogens with zero attached hydrogens (tertiary/aromatic N) is 2. The number of thioether (sulfide) groups is 1. The molecule has 1 aromatic carbocycles. The van der Waals surface area contributed by atoms with Gasteiger partial charge in [-0.2, -0.15) is 24.9 Å². The van der Waals surface area contributed by atoms with Gasteiger partial charge in [-0.05, 0) is 36.6 Å². The van der Waals surface area contributed by atoms with E-state index in [0.29, 0.717) is 24.2 Å². The number of aryl methyl sites for hydroxylation is 1. The van der Waals surface area contributed by atoms with Gasteiger partial charge in [-0.25, -0.2) is 4.98 Å². The molecule has 0 aliphatic rings. The highest BCUT2D eigenvalue weighted by molar-refractivity contribution is 7.98. The minimum Gasteiger partial charge on any atom is -0.399 e. The number of nitrogens with two attached hydrogens (primary N) is 1. The molecule has 0 fully saturated rings. The number of imidazole rings is 1. The second-order valence-corrected chi connectivity index (χ2v) is 5.16. The Bertz CT molecular complexity index is 577. The van der Waals surface area contributed by atoms with Gasteiger partial charge in [0.1, 0.15) is 0 Å². The van der Waals surface area contributed by atoms with Gasteiger partial charge >= 0.3 is 6.18 Å². The van der Waals surface area contributed by atoms with Gasteiger partial charge < -0.3 is 10.3 Å². The topological polar surface area (TPSA) is 43.8 Å². The molecule has 7 heteroatoms. The first-order valence-electron chi connectivity index (χ1n) is 5.75. The molecular weight excluding hydrogens is 275 g/mol. The number of anilines is 1. The van der Waals surface area contributed by atoms with Crippen LogP contribution in [0.2, 0.25) is 0 Å². The Morgan fingerprint density at radius 2 is 2.11 bits per heavy atom. The summed E-state index contributed by atoms with van der Waals surface area (Å²) in [5.74, 6) is -0.0411. The number of hydrogen-bond acceptors (Lipinski definition) is 3. The molecule has 0 saturated carbocycles. The van der Waals surface area contributed by atoms with E-state index in [-0.39, 0.29) is 5.52 Å². The van der Waals surface area contributed by atoms with E-state index in [4.69, 9.17) is 5.73 Å². The van der Waals surface area contributed by atoms with E-state index in [2.05, 4.69) is 4.98 Å². The van der Waals surface area contributed by atoms with Gasteiger partial charge in [-0.3, -0.25) is 0 Å². The van der Waals surface area contributed by atoms with Crippen molar-refractivity contribution in [2.75, 3.05) is 17.7 Å². The molecule has 0 amide bonds.